The lowest BCUT2D eigenvalue weighted by Gasteiger charge is -2.50. The summed E-state index contributed by atoms with van der Waals surface area (Å²) in [4.78, 5) is 8.20. The second-order valence-electron chi connectivity index (χ2n) is 27.3. The highest BCUT2D eigenvalue weighted by Gasteiger charge is 2.58. The summed E-state index contributed by atoms with van der Waals surface area (Å²) in [5, 5.41) is 0. The number of rotatable bonds is 5. The molecule has 8 aromatic carbocycles. The predicted molar refractivity (Wildman–Crippen MR) is 325 cm³/mol. The zero-order valence-electron chi connectivity index (χ0n) is 47.0. The number of fused-ring (bicyclic) bond motifs is 9. The molecule has 0 bridgehead atoms. The minimum absolute atomic E-state index is 0.0238. The van der Waals surface area contributed by atoms with E-state index in [2.05, 4.69) is 243 Å². The largest absolute Gasteiger partial charge is 0.334 e. The van der Waals surface area contributed by atoms with Gasteiger partial charge in [-0.05, 0) is 220 Å². The van der Waals surface area contributed by atoms with Gasteiger partial charge in [0.25, 0.3) is 6.71 Å². The van der Waals surface area contributed by atoms with Crippen molar-refractivity contribution in [1.82, 2.24) is 0 Å². The quantitative estimate of drug-likeness (QED) is 0.159. The fourth-order valence-electron chi connectivity index (χ4n) is 15.8. The van der Waals surface area contributed by atoms with Crippen molar-refractivity contribution < 1.29 is 0 Å². The van der Waals surface area contributed by atoms with Crippen molar-refractivity contribution in [1.29, 1.82) is 0 Å². The number of hydrogen-bond donors (Lipinski definition) is 0. The van der Waals surface area contributed by atoms with Crippen LogP contribution in [-0.2, 0) is 36.5 Å². The van der Waals surface area contributed by atoms with Gasteiger partial charge in [-0.25, -0.2) is 0 Å². The van der Waals surface area contributed by atoms with Gasteiger partial charge in [0.05, 0.1) is 11.2 Å². The standard InChI is InChI=1S/C72H74BN3/c1-45-33-65-67-66(34-45)75(61-30-25-53(68(3,4)5)39-57(61)47-20-13-12-14-21-47)64-40-55(76-62-29-24-48(56-22-16-15-19-46(56)2)36-58(62)71(10)31-17-18-32-72(71,76)11)27-28-59(64)73(67)60-37-51-43-70(8,9)44-52(51)38-63(60)74(65)54-26-23-49-41-69(6,7)42-50(49)35-54/h12-16,19-30,33-40H,17-18,31-32,41-44H2,1-11H3. The van der Waals surface area contributed by atoms with Crippen molar-refractivity contribution in [2.24, 2.45) is 10.8 Å². The normalized spacial score (nSPS) is 21.1. The van der Waals surface area contributed by atoms with E-state index in [-0.39, 0.29) is 33.9 Å². The third kappa shape index (κ3) is 7.07. The van der Waals surface area contributed by atoms with Gasteiger partial charge in [0, 0.05) is 50.8 Å². The zero-order valence-corrected chi connectivity index (χ0v) is 47.0. The van der Waals surface area contributed by atoms with Crippen molar-refractivity contribution in [2.75, 3.05) is 14.7 Å². The van der Waals surface area contributed by atoms with E-state index < -0.39 is 0 Å². The van der Waals surface area contributed by atoms with E-state index in [0.717, 1.165) is 32.1 Å². The summed E-state index contributed by atoms with van der Waals surface area (Å²) >= 11 is 0. The Bertz CT molecular complexity index is 3740. The molecule has 8 aromatic rings. The van der Waals surface area contributed by atoms with Crippen molar-refractivity contribution in [3.63, 3.8) is 0 Å². The lowest BCUT2D eigenvalue weighted by Crippen LogP contribution is -2.61. The lowest BCUT2D eigenvalue weighted by atomic mass is 9.33. The monoisotopic (exact) mass is 992 g/mol. The van der Waals surface area contributed by atoms with Crippen LogP contribution in [0.4, 0.5) is 45.5 Å². The Kier molecular flexibility index (Phi) is 10.3. The van der Waals surface area contributed by atoms with Crippen LogP contribution in [0, 0.1) is 24.7 Å². The molecule has 76 heavy (non-hydrogen) atoms. The first-order valence-corrected chi connectivity index (χ1v) is 28.7. The average molecular weight is 992 g/mol. The van der Waals surface area contributed by atoms with Gasteiger partial charge in [-0.1, -0.05) is 153 Å². The van der Waals surface area contributed by atoms with E-state index in [1.54, 1.807) is 0 Å². The second-order valence-corrected chi connectivity index (χ2v) is 27.3. The van der Waals surface area contributed by atoms with Crippen LogP contribution in [0.3, 0.4) is 0 Å². The molecular weight excluding hydrogens is 918 g/mol. The van der Waals surface area contributed by atoms with Gasteiger partial charge in [0.2, 0.25) is 0 Å². The molecule has 1 saturated carbocycles. The smallest absolute Gasteiger partial charge is 0.252 e. The van der Waals surface area contributed by atoms with E-state index in [4.69, 9.17) is 0 Å². The SMILES string of the molecule is Cc1cc2c3c(c1)N(c1ccc(C(C)(C)C)cc1-c1ccccc1)c1cc(N4c5ccc(-c6ccccc6C)cc5C5(C)CCCCC45C)ccc1B3c1cc3c(cc1N2c1ccc2c(c1)CC(C)(C)C2)CC(C)(C)C3. The first kappa shape index (κ1) is 47.7. The van der Waals surface area contributed by atoms with Gasteiger partial charge in [-0.15, -0.1) is 0 Å². The summed E-state index contributed by atoms with van der Waals surface area (Å²) in [7, 11) is 0. The van der Waals surface area contributed by atoms with Crippen LogP contribution in [0.2, 0.25) is 0 Å². The van der Waals surface area contributed by atoms with Gasteiger partial charge in [-0.2, -0.15) is 0 Å². The maximum Gasteiger partial charge on any atom is 0.252 e. The number of nitrogens with zero attached hydrogens (tertiary/aromatic N) is 3. The summed E-state index contributed by atoms with van der Waals surface area (Å²) in [6, 6.07) is 60.4. The number of aryl methyl sites for hydroxylation is 2. The molecule has 0 spiro atoms. The van der Waals surface area contributed by atoms with Gasteiger partial charge >= 0.3 is 0 Å². The van der Waals surface area contributed by atoms with Gasteiger partial charge < -0.3 is 14.7 Å². The second kappa shape index (κ2) is 16.4. The van der Waals surface area contributed by atoms with Crippen LogP contribution in [0.15, 0.2) is 152 Å². The van der Waals surface area contributed by atoms with E-state index in [9.17, 15) is 0 Å². The molecule has 0 N–H and O–H groups in total. The third-order valence-electron chi connectivity index (χ3n) is 19.6. The lowest BCUT2D eigenvalue weighted by molar-refractivity contribution is 0.195. The number of benzene rings is 8. The van der Waals surface area contributed by atoms with Crippen LogP contribution in [0.5, 0.6) is 0 Å². The van der Waals surface area contributed by atoms with Crippen LogP contribution in [0.25, 0.3) is 22.3 Å². The van der Waals surface area contributed by atoms with Crippen molar-refractivity contribution in [3.05, 3.63) is 196 Å². The van der Waals surface area contributed by atoms with Gasteiger partial charge in [0.1, 0.15) is 0 Å². The van der Waals surface area contributed by atoms with E-state index in [0.29, 0.717) is 0 Å². The zero-order chi connectivity index (χ0) is 52.4. The fourth-order valence-corrected chi connectivity index (χ4v) is 15.8. The Balaban J connectivity index is 1.05. The number of anilines is 8. The molecule has 0 radical (unpaired) electrons. The van der Waals surface area contributed by atoms with E-state index >= 15 is 0 Å². The first-order chi connectivity index (χ1) is 36.3. The van der Waals surface area contributed by atoms with Crippen LogP contribution in [-0.4, -0.2) is 12.3 Å². The number of hydrogen-bond acceptors (Lipinski definition) is 3. The highest BCUT2D eigenvalue weighted by molar-refractivity contribution is 7.00. The minimum Gasteiger partial charge on any atom is -0.334 e. The molecule has 14 rings (SSSR count). The maximum atomic E-state index is 2.81. The highest BCUT2D eigenvalue weighted by Crippen LogP contribution is 2.62. The third-order valence-corrected chi connectivity index (χ3v) is 19.6. The molecule has 3 nitrogen and oxygen atoms in total. The summed E-state index contributed by atoms with van der Waals surface area (Å²) in [5.74, 6) is 0. The summed E-state index contributed by atoms with van der Waals surface area (Å²) in [6.45, 7) is 26.6. The van der Waals surface area contributed by atoms with Crippen molar-refractivity contribution in [3.8, 4) is 22.3 Å². The van der Waals surface area contributed by atoms with Crippen LogP contribution in [0.1, 0.15) is 133 Å². The molecule has 380 valence electrons. The molecule has 0 saturated heterocycles. The summed E-state index contributed by atoms with van der Waals surface area (Å²) in [5.41, 5.74) is 31.4. The Morgan fingerprint density at radius 3 is 1.86 bits per heavy atom. The molecule has 4 heteroatoms. The van der Waals surface area contributed by atoms with E-state index in [1.807, 2.05) is 0 Å². The molecule has 3 aliphatic carbocycles. The molecule has 2 unspecified atom stereocenters. The molecule has 3 heterocycles. The van der Waals surface area contributed by atoms with Crippen LogP contribution < -0.4 is 31.1 Å². The maximum absolute atomic E-state index is 2.81. The van der Waals surface area contributed by atoms with E-state index in [1.165, 1.54) is 148 Å². The topological polar surface area (TPSA) is 9.72 Å². The Morgan fingerprint density at radius 2 is 1.11 bits per heavy atom. The van der Waals surface area contributed by atoms with Gasteiger partial charge in [-0.3, -0.25) is 0 Å². The van der Waals surface area contributed by atoms with Crippen LogP contribution >= 0.6 is 0 Å². The molecule has 3 aliphatic heterocycles. The Morgan fingerprint density at radius 1 is 0.461 bits per heavy atom. The Labute approximate surface area is 454 Å². The first-order valence-electron chi connectivity index (χ1n) is 28.7. The molecule has 1 fully saturated rings. The predicted octanol–water partition coefficient (Wildman–Crippen LogP) is 17.0. The molecule has 0 amide bonds. The summed E-state index contributed by atoms with van der Waals surface area (Å²) in [6.07, 6.45) is 9.23. The average Bonchev–Trinajstić information content (AvgIpc) is 4.05. The summed E-state index contributed by atoms with van der Waals surface area (Å²) < 4.78 is 0. The fraction of sp³-hybridized carbons (Fsp3) is 0.333. The molecule has 6 aliphatic rings. The Hall–Kier alpha value is -6.78. The van der Waals surface area contributed by atoms with Gasteiger partial charge in [0.15, 0.2) is 0 Å². The van der Waals surface area contributed by atoms with Crippen molar-refractivity contribution >= 4 is 68.6 Å². The van der Waals surface area contributed by atoms with Crippen molar-refractivity contribution in [2.45, 2.75) is 144 Å². The molecule has 0 aromatic heterocycles. The molecule has 2 atom stereocenters. The minimum atomic E-state index is -0.118. The highest BCUT2D eigenvalue weighted by atomic mass is 15.3. The molecular formula is C72H74BN3.